The third-order valence-corrected chi connectivity index (χ3v) is 2.55. The fourth-order valence-electron chi connectivity index (χ4n) is 1.28. The van der Waals surface area contributed by atoms with Gasteiger partial charge in [0, 0.05) is 0 Å². The summed E-state index contributed by atoms with van der Waals surface area (Å²) < 4.78 is 2.35. The number of benzene rings is 1. The first kappa shape index (κ1) is 9.96. The van der Waals surface area contributed by atoms with Gasteiger partial charge in [0.05, 0.1) is 0 Å². The quantitative estimate of drug-likeness (QED) is 0.678. The molecule has 0 aliphatic heterocycles. The van der Waals surface area contributed by atoms with Crippen LogP contribution >= 0.6 is 0 Å². The fraction of sp³-hybridized carbons (Fsp3) is 0. The molecule has 15 heavy (non-hydrogen) atoms. The molecule has 0 amide bonds. The Morgan fingerprint density at radius 2 is 1.67 bits per heavy atom. The summed E-state index contributed by atoms with van der Waals surface area (Å²) in [5.41, 5.74) is -0.163. The number of aromatic nitrogens is 2. The third-order valence-electron chi connectivity index (χ3n) is 1.97. The van der Waals surface area contributed by atoms with Gasteiger partial charge in [-0.05, 0) is 0 Å². The van der Waals surface area contributed by atoms with Crippen LogP contribution in [-0.4, -0.2) is 24.4 Å². The molecule has 1 aromatic heterocycles. The van der Waals surface area contributed by atoms with Crippen molar-refractivity contribution in [2.75, 3.05) is 0 Å². The Hall–Kier alpha value is -1.58. The van der Waals surface area contributed by atoms with Gasteiger partial charge in [-0.3, -0.25) is 0 Å². The van der Waals surface area contributed by atoms with Gasteiger partial charge in [-0.25, -0.2) is 0 Å². The van der Waals surface area contributed by atoms with E-state index in [4.69, 9.17) is 0 Å². The summed E-state index contributed by atoms with van der Waals surface area (Å²) in [5, 5.41) is 0. The van der Waals surface area contributed by atoms with E-state index in [-0.39, 0.29) is 5.56 Å². The molecule has 0 bridgehead atoms. The van der Waals surface area contributed by atoms with Crippen LogP contribution in [0.5, 0.6) is 0 Å². The van der Waals surface area contributed by atoms with Crippen molar-refractivity contribution in [3.63, 3.8) is 0 Å². The minimum atomic E-state index is -0.395. The summed E-state index contributed by atoms with van der Waals surface area (Å²) >= 11 is 2.55. The molecule has 0 saturated heterocycles. The molecule has 0 saturated carbocycles. The van der Waals surface area contributed by atoms with Crippen molar-refractivity contribution in [2.45, 2.75) is 0 Å². The Bertz CT molecular complexity index is 586. The molecule has 0 fully saturated rings. The van der Waals surface area contributed by atoms with Gasteiger partial charge >= 0.3 is 93.5 Å². The first-order valence-electron chi connectivity index (χ1n) is 4.28. The molecule has 4 nitrogen and oxygen atoms in total. The van der Waals surface area contributed by atoms with Crippen LogP contribution in [0, 0.1) is 0 Å². The second-order valence-electron chi connectivity index (χ2n) is 2.93. The van der Waals surface area contributed by atoms with E-state index in [1.165, 1.54) is 15.8 Å². The normalized spacial score (nSPS) is 10.1. The maximum absolute atomic E-state index is 11.7. The predicted octanol–water partition coefficient (Wildman–Crippen LogP) is -0.0692. The number of nitrogens with zero attached hydrogens (tertiary/aromatic N) is 2. The second-order valence-corrected chi connectivity index (χ2v) is 3.76. The van der Waals surface area contributed by atoms with Crippen LogP contribution in [-0.2, 0) is 0 Å². The molecule has 0 unspecified atom stereocenters. The number of hydrogen-bond donors (Lipinski definition) is 0. The van der Waals surface area contributed by atoms with E-state index >= 15 is 0 Å². The molecule has 75 valence electrons. The maximum atomic E-state index is 11.7. The Labute approximate surface area is 93.8 Å². The zero-order chi connectivity index (χ0) is 10.8. The van der Waals surface area contributed by atoms with E-state index in [1.54, 1.807) is 24.3 Å². The van der Waals surface area contributed by atoms with E-state index in [1.807, 2.05) is 6.07 Å². The van der Waals surface area contributed by atoms with Crippen LogP contribution < -0.4 is 11.2 Å². The molecular weight excluding hydrogens is 259 g/mol. The molecule has 2 aromatic rings. The Kier molecular flexibility index (Phi) is 2.58. The Morgan fingerprint density at radius 3 is 2.33 bits per heavy atom. The molecular formula is C10H7N2O2Se. The van der Waals surface area contributed by atoms with Crippen molar-refractivity contribution in [1.29, 1.82) is 0 Å². The molecule has 0 aliphatic rings. The van der Waals surface area contributed by atoms with Crippen molar-refractivity contribution in [3.05, 3.63) is 63.4 Å². The summed E-state index contributed by atoms with van der Waals surface area (Å²) in [7, 11) is 0. The van der Waals surface area contributed by atoms with Crippen LogP contribution in [0.25, 0.3) is 5.69 Å². The van der Waals surface area contributed by atoms with Gasteiger partial charge in [0.2, 0.25) is 0 Å². The molecule has 0 spiro atoms. The zero-order valence-corrected chi connectivity index (χ0v) is 9.37. The van der Waals surface area contributed by atoms with Crippen molar-refractivity contribution in [2.24, 2.45) is 0 Å². The van der Waals surface area contributed by atoms with Crippen molar-refractivity contribution in [3.8, 4) is 5.69 Å². The molecule has 1 aromatic carbocycles. The van der Waals surface area contributed by atoms with Gasteiger partial charge in [0.15, 0.2) is 0 Å². The van der Waals surface area contributed by atoms with Gasteiger partial charge in [-0.2, -0.15) is 0 Å². The first-order chi connectivity index (χ1) is 7.20. The number of rotatable bonds is 1. The zero-order valence-electron chi connectivity index (χ0n) is 7.66. The summed E-state index contributed by atoms with van der Waals surface area (Å²) in [6.07, 6.45) is 1.41. The monoisotopic (exact) mass is 267 g/mol. The van der Waals surface area contributed by atoms with E-state index in [0.717, 1.165) is 4.57 Å². The molecule has 0 N–H and O–H groups in total. The average molecular weight is 266 g/mol. The molecule has 2 rings (SSSR count). The second kappa shape index (κ2) is 3.88. The van der Waals surface area contributed by atoms with Crippen LogP contribution in [0.1, 0.15) is 0 Å². The Morgan fingerprint density at radius 1 is 1.00 bits per heavy atom. The average Bonchev–Trinajstić information content (AvgIpc) is 2.26. The Balaban J connectivity index is 2.80. The SMILES string of the molecule is O=c1ccn([Se])c(=O)n1-c1ccccc1. The molecule has 5 heteroatoms. The summed E-state index contributed by atoms with van der Waals surface area (Å²) in [4.78, 5) is 23.2. The van der Waals surface area contributed by atoms with Gasteiger partial charge < -0.3 is 0 Å². The van der Waals surface area contributed by atoms with E-state index in [0.29, 0.717) is 5.69 Å². The molecule has 0 atom stereocenters. The predicted molar refractivity (Wildman–Crippen MR) is 57.5 cm³/mol. The van der Waals surface area contributed by atoms with Crippen LogP contribution in [0.3, 0.4) is 0 Å². The molecule has 1 heterocycles. The molecule has 1 radical (unpaired) electrons. The third kappa shape index (κ3) is 1.79. The number of hydrogen-bond acceptors (Lipinski definition) is 2. The summed E-state index contributed by atoms with van der Waals surface area (Å²) in [6, 6.07) is 10.1. The van der Waals surface area contributed by atoms with Gasteiger partial charge in [-0.15, -0.1) is 0 Å². The molecule has 0 aliphatic carbocycles. The van der Waals surface area contributed by atoms with Gasteiger partial charge in [-0.1, -0.05) is 0 Å². The van der Waals surface area contributed by atoms with Crippen LogP contribution in [0.4, 0.5) is 0 Å². The minimum absolute atomic E-state index is 0.335. The van der Waals surface area contributed by atoms with E-state index in [2.05, 4.69) is 16.2 Å². The summed E-state index contributed by atoms with van der Waals surface area (Å²) in [5.74, 6) is 0. The van der Waals surface area contributed by atoms with E-state index in [9.17, 15) is 9.59 Å². The van der Waals surface area contributed by atoms with E-state index < -0.39 is 5.69 Å². The van der Waals surface area contributed by atoms with Crippen molar-refractivity contribution >= 4 is 16.2 Å². The van der Waals surface area contributed by atoms with Crippen LogP contribution in [0.15, 0.2) is 52.2 Å². The van der Waals surface area contributed by atoms with Crippen LogP contribution in [0.2, 0.25) is 0 Å². The topological polar surface area (TPSA) is 44.0 Å². The summed E-state index contributed by atoms with van der Waals surface area (Å²) in [6.45, 7) is 0. The van der Waals surface area contributed by atoms with Gasteiger partial charge in [0.25, 0.3) is 0 Å². The first-order valence-corrected chi connectivity index (χ1v) is 5.04. The van der Waals surface area contributed by atoms with Crippen molar-refractivity contribution in [1.82, 2.24) is 8.15 Å². The van der Waals surface area contributed by atoms with Crippen molar-refractivity contribution < 1.29 is 0 Å². The fourth-order valence-corrected chi connectivity index (χ4v) is 1.58. The standard InChI is InChI=1S/C10H7N2O2Se/c13-9-6-7-11(15)10(14)12(9)8-4-2-1-3-5-8/h1-7H. The number of para-hydroxylation sites is 1. The van der Waals surface area contributed by atoms with Gasteiger partial charge in [0.1, 0.15) is 0 Å².